The van der Waals surface area contributed by atoms with Gasteiger partial charge in [0.15, 0.2) is 0 Å². The minimum Gasteiger partial charge on any atom is -0.395 e. The maximum absolute atomic E-state index is 12.3. The molecule has 0 saturated carbocycles. The molecule has 17 heavy (non-hydrogen) atoms. The molecule has 1 rings (SSSR count). The van der Waals surface area contributed by atoms with Crippen LogP contribution in [0.25, 0.3) is 0 Å². The molecule has 0 aromatic carbocycles. The van der Waals surface area contributed by atoms with Crippen LogP contribution >= 0.6 is 11.3 Å². The van der Waals surface area contributed by atoms with Gasteiger partial charge < -0.3 is 5.11 Å². The Balaban J connectivity index is 2.98. The average Bonchev–Trinajstić information content (AvgIpc) is 2.78. The zero-order valence-corrected chi connectivity index (χ0v) is 11.9. The molecule has 0 aliphatic rings. The molecule has 98 valence electrons. The van der Waals surface area contributed by atoms with Crippen LogP contribution in [0.4, 0.5) is 0 Å². The van der Waals surface area contributed by atoms with E-state index in [1.165, 1.54) is 15.6 Å². The zero-order chi connectivity index (χ0) is 12.9. The topological polar surface area (TPSA) is 57.6 Å². The molecule has 6 heteroatoms. The molecule has 0 radical (unpaired) electrons. The Kier molecular flexibility index (Phi) is 5.58. The zero-order valence-electron chi connectivity index (χ0n) is 10.2. The molecular weight excluding hydrogens is 258 g/mol. The predicted octanol–water partition coefficient (Wildman–Crippen LogP) is 1.70. The molecule has 1 aromatic heterocycles. The number of sulfonamides is 1. The van der Waals surface area contributed by atoms with E-state index in [1.807, 2.05) is 19.9 Å². The third kappa shape index (κ3) is 3.51. The van der Waals surface area contributed by atoms with Crippen molar-refractivity contribution in [3.63, 3.8) is 0 Å². The van der Waals surface area contributed by atoms with Gasteiger partial charge in [0.2, 0.25) is 0 Å². The third-order valence-electron chi connectivity index (χ3n) is 2.40. The highest BCUT2D eigenvalue weighted by atomic mass is 32.2. The van der Waals surface area contributed by atoms with Crippen LogP contribution in [0, 0.1) is 0 Å². The second-order valence-corrected chi connectivity index (χ2v) is 7.04. The molecule has 4 nitrogen and oxygen atoms in total. The number of nitrogens with zero attached hydrogens (tertiary/aromatic N) is 1. The maximum atomic E-state index is 12.3. The lowest BCUT2D eigenvalue weighted by Gasteiger charge is -2.19. The summed E-state index contributed by atoms with van der Waals surface area (Å²) in [6.07, 6.45) is 1.58. The minimum atomic E-state index is -3.42. The van der Waals surface area contributed by atoms with Crippen molar-refractivity contribution in [1.29, 1.82) is 0 Å². The van der Waals surface area contributed by atoms with Crippen LogP contribution < -0.4 is 0 Å². The standard InChI is InChI=1S/C11H19NO3S2/c1-3-7-12(8-9-13)17(14,15)11-6-5-10(4-2)16-11/h5-6,13H,3-4,7-9H2,1-2H3. The first-order valence-corrected chi connectivity index (χ1v) is 8.01. The third-order valence-corrected chi connectivity index (χ3v) is 6.00. The van der Waals surface area contributed by atoms with Gasteiger partial charge in [0.25, 0.3) is 10.0 Å². The van der Waals surface area contributed by atoms with Crippen LogP contribution in [0.5, 0.6) is 0 Å². The monoisotopic (exact) mass is 277 g/mol. The number of aliphatic hydroxyl groups excluding tert-OH is 1. The lowest BCUT2D eigenvalue weighted by Crippen LogP contribution is -2.33. The normalized spacial score (nSPS) is 12.2. The Morgan fingerprint density at radius 1 is 1.29 bits per heavy atom. The molecule has 0 saturated heterocycles. The number of hydrogen-bond donors (Lipinski definition) is 1. The lowest BCUT2D eigenvalue weighted by atomic mass is 10.4. The largest absolute Gasteiger partial charge is 0.395 e. The highest BCUT2D eigenvalue weighted by molar-refractivity contribution is 7.91. The fraction of sp³-hybridized carbons (Fsp3) is 0.636. The molecule has 0 atom stereocenters. The summed E-state index contributed by atoms with van der Waals surface area (Å²) in [7, 11) is -3.42. The molecule has 0 bridgehead atoms. The molecule has 1 N–H and O–H groups in total. The van der Waals surface area contributed by atoms with E-state index in [-0.39, 0.29) is 13.2 Å². The number of thiophene rings is 1. The van der Waals surface area contributed by atoms with Gasteiger partial charge in [0.05, 0.1) is 6.61 Å². The minimum absolute atomic E-state index is 0.148. The van der Waals surface area contributed by atoms with Crippen LogP contribution in [-0.4, -0.2) is 37.5 Å². The van der Waals surface area contributed by atoms with Gasteiger partial charge in [-0.2, -0.15) is 4.31 Å². The van der Waals surface area contributed by atoms with Gasteiger partial charge in [-0.1, -0.05) is 13.8 Å². The Bertz CT molecular complexity index is 433. The van der Waals surface area contributed by atoms with E-state index in [1.54, 1.807) is 6.07 Å². The summed E-state index contributed by atoms with van der Waals surface area (Å²) in [6.45, 7) is 4.38. The first-order valence-electron chi connectivity index (χ1n) is 5.76. The Hall–Kier alpha value is -0.430. The predicted molar refractivity (Wildman–Crippen MR) is 69.8 cm³/mol. The van der Waals surface area contributed by atoms with Crippen molar-refractivity contribution in [2.24, 2.45) is 0 Å². The van der Waals surface area contributed by atoms with Gasteiger partial charge in [-0.15, -0.1) is 11.3 Å². The van der Waals surface area contributed by atoms with Gasteiger partial charge in [-0.25, -0.2) is 8.42 Å². The second kappa shape index (κ2) is 6.49. The number of rotatable bonds is 7. The molecule has 0 amide bonds. The molecule has 0 spiro atoms. The van der Waals surface area contributed by atoms with Crippen molar-refractivity contribution in [3.05, 3.63) is 17.0 Å². The Morgan fingerprint density at radius 3 is 2.47 bits per heavy atom. The highest BCUT2D eigenvalue weighted by Gasteiger charge is 2.24. The van der Waals surface area contributed by atoms with Crippen molar-refractivity contribution in [1.82, 2.24) is 4.31 Å². The van der Waals surface area contributed by atoms with Crippen molar-refractivity contribution < 1.29 is 13.5 Å². The highest BCUT2D eigenvalue weighted by Crippen LogP contribution is 2.25. The smallest absolute Gasteiger partial charge is 0.252 e. The summed E-state index contributed by atoms with van der Waals surface area (Å²) in [5, 5.41) is 8.92. The van der Waals surface area contributed by atoms with E-state index >= 15 is 0 Å². The molecule has 0 aliphatic heterocycles. The first kappa shape index (κ1) is 14.6. The van der Waals surface area contributed by atoms with Gasteiger partial charge in [-0.05, 0) is 25.0 Å². The number of aryl methyl sites for hydroxylation is 1. The Labute approximate surface area is 107 Å². The lowest BCUT2D eigenvalue weighted by molar-refractivity contribution is 0.254. The number of aliphatic hydroxyl groups is 1. The van der Waals surface area contributed by atoms with Crippen molar-refractivity contribution in [2.45, 2.75) is 30.9 Å². The van der Waals surface area contributed by atoms with E-state index in [9.17, 15) is 8.42 Å². The average molecular weight is 277 g/mol. The van der Waals surface area contributed by atoms with E-state index in [0.29, 0.717) is 10.8 Å². The second-order valence-electron chi connectivity index (χ2n) is 3.70. The molecule has 0 fully saturated rings. The van der Waals surface area contributed by atoms with Crippen LogP contribution in [0.3, 0.4) is 0 Å². The van der Waals surface area contributed by atoms with Gasteiger partial charge >= 0.3 is 0 Å². The van der Waals surface area contributed by atoms with Gasteiger partial charge in [0, 0.05) is 18.0 Å². The molecular formula is C11H19NO3S2. The number of hydrogen-bond acceptors (Lipinski definition) is 4. The van der Waals surface area contributed by atoms with E-state index < -0.39 is 10.0 Å². The molecule has 1 aromatic rings. The summed E-state index contributed by atoms with van der Waals surface area (Å²) in [4.78, 5) is 1.06. The first-order chi connectivity index (χ1) is 8.06. The van der Waals surface area contributed by atoms with Gasteiger partial charge in [0.1, 0.15) is 4.21 Å². The molecule has 0 aliphatic carbocycles. The SMILES string of the molecule is CCCN(CCO)S(=O)(=O)c1ccc(CC)s1. The summed E-state index contributed by atoms with van der Waals surface area (Å²) < 4.78 is 26.3. The summed E-state index contributed by atoms with van der Waals surface area (Å²) >= 11 is 1.31. The quantitative estimate of drug-likeness (QED) is 0.825. The van der Waals surface area contributed by atoms with E-state index in [0.717, 1.165) is 17.7 Å². The summed E-state index contributed by atoms with van der Waals surface area (Å²) in [5.74, 6) is 0. The fourth-order valence-corrected chi connectivity index (χ4v) is 4.50. The van der Waals surface area contributed by atoms with Crippen molar-refractivity contribution >= 4 is 21.4 Å². The Morgan fingerprint density at radius 2 is 2.00 bits per heavy atom. The summed E-state index contributed by atoms with van der Waals surface area (Å²) in [5.41, 5.74) is 0. The molecule has 0 unspecified atom stereocenters. The van der Waals surface area contributed by atoms with Gasteiger partial charge in [-0.3, -0.25) is 0 Å². The van der Waals surface area contributed by atoms with E-state index in [4.69, 9.17) is 5.11 Å². The van der Waals surface area contributed by atoms with Crippen LogP contribution in [0.1, 0.15) is 25.1 Å². The molecule has 1 heterocycles. The maximum Gasteiger partial charge on any atom is 0.252 e. The summed E-state index contributed by atoms with van der Waals surface area (Å²) in [6, 6.07) is 3.50. The van der Waals surface area contributed by atoms with E-state index in [2.05, 4.69) is 0 Å². The van der Waals surface area contributed by atoms with Crippen LogP contribution in [0.2, 0.25) is 0 Å². The van der Waals surface area contributed by atoms with Crippen molar-refractivity contribution in [3.8, 4) is 0 Å². The fourth-order valence-electron chi connectivity index (χ4n) is 1.53. The van der Waals surface area contributed by atoms with Crippen LogP contribution in [0.15, 0.2) is 16.3 Å². The van der Waals surface area contributed by atoms with Crippen LogP contribution in [-0.2, 0) is 16.4 Å². The van der Waals surface area contributed by atoms with Crippen molar-refractivity contribution in [2.75, 3.05) is 19.7 Å².